The molecule has 0 unspecified atom stereocenters. The zero-order chi connectivity index (χ0) is 8.04. The molecule has 0 atom stereocenters. The molecule has 2 nitrogen and oxygen atoms in total. The van der Waals surface area contributed by atoms with Crippen LogP contribution in [0.2, 0.25) is 12.6 Å². The zero-order valence-corrected chi connectivity index (χ0v) is 7.82. The van der Waals surface area contributed by atoms with E-state index in [2.05, 4.69) is 0 Å². The van der Waals surface area contributed by atoms with Gasteiger partial charge in [0.15, 0.2) is 0 Å². The first-order valence-electron chi connectivity index (χ1n) is 3.35. The minimum atomic E-state index is -1.96. The molecule has 0 heterocycles. The quantitative estimate of drug-likeness (QED) is 0.579. The smallest absolute Gasteiger partial charge is 0.334 e. The lowest BCUT2D eigenvalue weighted by atomic mass is 10.6. The number of hydrogen-bond acceptors (Lipinski definition) is 2. The Morgan fingerprint density at radius 1 is 1.30 bits per heavy atom. The molecule has 0 aliphatic carbocycles. The van der Waals surface area contributed by atoms with Gasteiger partial charge < -0.3 is 8.85 Å². The second-order valence-corrected chi connectivity index (χ2v) is 5.92. The normalized spacial score (nSPS) is 12.0. The highest BCUT2D eigenvalue weighted by atomic mass is 28.4. The van der Waals surface area contributed by atoms with Crippen molar-refractivity contribution in [2.24, 2.45) is 0 Å². The summed E-state index contributed by atoms with van der Waals surface area (Å²) in [5.41, 5.74) is 0. The Labute approximate surface area is 62.6 Å². The van der Waals surface area contributed by atoms with Crippen LogP contribution in [0.3, 0.4) is 0 Å². The van der Waals surface area contributed by atoms with E-state index < -0.39 is 8.56 Å². The van der Waals surface area contributed by atoms with Crippen molar-refractivity contribution < 1.29 is 13.2 Å². The van der Waals surface area contributed by atoms with Crippen LogP contribution in [-0.2, 0) is 8.85 Å². The maximum atomic E-state index is 11.7. The fourth-order valence-electron chi connectivity index (χ4n) is 0.675. The van der Waals surface area contributed by atoms with Crippen molar-refractivity contribution in [1.82, 2.24) is 0 Å². The first-order valence-corrected chi connectivity index (χ1v) is 5.87. The van der Waals surface area contributed by atoms with Gasteiger partial charge in [0.05, 0.1) is 6.67 Å². The number of alkyl halides is 1. The SMILES string of the molecule is CO[Si](C)(CCCF)OC. The van der Waals surface area contributed by atoms with Gasteiger partial charge in [0.2, 0.25) is 0 Å². The summed E-state index contributed by atoms with van der Waals surface area (Å²) < 4.78 is 22.0. The molecule has 0 aromatic rings. The van der Waals surface area contributed by atoms with Crippen molar-refractivity contribution in [2.75, 3.05) is 20.9 Å². The molecule has 10 heavy (non-hydrogen) atoms. The van der Waals surface area contributed by atoms with Gasteiger partial charge in [0.25, 0.3) is 0 Å². The third-order valence-electron chi connectivity index (χ3n) is 1.63. The van der Waals surface area contributed by atoms with Gasteiger partial charge in [-0.2, -0.15) is 0 Å². The molecule has 0 aliphatic heterocycles. The number of rotatable bonds is 5. The second kappa shape index (κ2) is 4.82. The van der Waals surface area contributed by atoms with Gasteiger partial charge in [0.1, 0.15) is 0 Å². The summed E-state index contributed by atoms with van der Waals surface area (Å²) in [7, 11) is 1.28. The largest absolute Gasteiger partial charge is 0.398 e. The van der Waals surface area contributed by atoms with Crippen LogP contribution in [0, 0.1) is 0 Å². The molecule has 0 aliphatic rings. The maximum Gasteiger partial charge on any atom is 0.334 e. The van der Waals surface area contributed by atoms with E-state index in [-0.39, 0.29) is 6.67 Å². The standard InChI is InChI=1S/C6H15FO2Si/c1-8-10(3,9-2)6-4-5-7/h4-6H2,1-3H3. The van der Waals surface area contributed by atoms with Crippen molar-refractivity contribution >= 4 is 8.56 Å². The van der Waals surface area contributed by atoms with Gasteiger partial charge in [0, 0.05) is 14.2 Å². The average molecular weight is 166 g/mol. The van der Waals surface area contributed by atoms with Crippen molar-refractivity contribution in [2.45, 2.75) is 19.0 Å². The first-order chi connectivity index (χ1) is 4.68. The Kier molecular flexibility index (Phi) is 4.85. The highest BCUT2D eigenvalue weighted by Crippen LogP contribution is 2.13. The Bertz CT molecular complexity index is 85.8. The van der Waals surface area contributed by atoms with Crippen LogP contribution >= 0.6 is 0 Å². The fraction of sp³-hybridized carbons (Fsp3) is 1.00. The summed E-state index contributed by atoms with van der Waals surface area (Å²) in [5.74, 6) is 0. The van der Waals surface area contributed by atoms with E-state index in [4.69, 9.17) is 8.85 Å². The van der Waals surface area contributed by atoms with Crippen LogP contribution in [0.15, 0.2) is 0 Å². The zero-order valence-electron chi connectivity index (χ0n) is 6.82. The van der Waals surface area contributed by atoms with Crippen molar-refractivity contribution in [3.05, 3.63) is 0 Å². The van der Waals surface area contributed by atoms with E-state index in [9.17, 15) is 4.39 Å². The van der Waals surface area contributed by atoms with E-state index in [1.165, 1.54) is 0 Å². The molecule has 0 rings (SSSR count). The number of halogens is 1. The molecule has 0 fully saturated rings. The third-order valence-corrected chi connectivity index (χ3v) is 4.62. The van der Waals surface area contributed by atoms with Crippen LogP contribution in [0.25, 0.3) is 0 Å². The topological polar surface area (TPSA) is 18.5 Å². The summed E-state index contributed by atoms with van der Waals surface area (Å²) in [6.45, 7) is 1.65. The van der Waals surface area contributed by atoms with Gasteiger partial charge >= 0.3 is 8.56 Å². The van der Waals surface area contributed by atoms with Gasteiger partial charge in [-0.3, -0.25) is 4.39 Å². The molecule has 0 amide bonds. The maximum absolute atomic E-state index is 11.7. The van der Waals surface area contributed by atoms with E-state index in [0.717, 1.165) is 6.04 Å². The highest BCUT2D eigenvalue weighted by Gasteiger charge is 2.27. The van der Waals surface area contributed by atoms with E-state index in [0.29, 0.717) is 6.42 Å². The highest BCUT2D eigenvalue weighted by molar-refractivity contribution is 6.65. The summed E-state index contributed by atoms with van der Waals surface area (Å²) in [6, 6.07) is 0.733. The van der Waals surface area contributed by atoms with Crippen molar-refractivity contribution in [3.8, 4) is 0 Å². The molecule has 0 saturated heterocycles. The Balaban J connectivity index is 3.58. The van der Waals surface area contributed by atoms with Gasteiger partial charge in [-0.1, -0.05) is 0 Å². The monoisotopic (exact) mass is 166 g/mol. The van der Waals surface area contributed by atoms with Gasteiger partial charge in [-0.15, -0.1) is 0 Å². The van der Waals surface area contributed by atoms with Crippen LogP contribution in [0.5, 0.6) is 0 Å². The van der Waals surface area contributed by atoms with E-state index in [1.54, 1.807) is 14.2 Å². The van der Waals surface area contributed by atoms with Crippen LogP contribution in [0.4, 0.5) is 4.39 Å². The molecule has 0 aromatic carbocycles. The molecular formula is C6H15FO2Si. The summed E-state index contributed by atoms with van der Waals surface area (Å²) in [4.78, 5) is 0. The predicted molar refractivity (Wildman–Crippen MR) is 41.0 cm³/mol. The molecule has 0 spiro atoms. The Hall–Kier alpha value is 0.0669. The molecular weight excluding hydrogens is 151 g/mol. The third kappa shape index (κ3) is 3.29. The fourth-order valence-corrected chi connectivity index (χ4v) is 2.03. The molecule has 0 N–H and O–H groups in total. The molecule has 62 valence electrons. The molecule has 0 bridgehead atoms. The molecule has 0 saturated carbocycles. The van der Waals surface area contributed by atoms with Crippen LogP contribution < -0.4 is 0 Å². The molecule has 4 heteroatoms. The van der Waals surface area contributed by atoms with Gasteiger partial charge in [-0.25, -0.2) is 0 Å². The minimum Gasteiger partial charge on any atom is -0.398 e. The lowest BCUT2D eigenvalue weighted by Crippen LogP contribution is -2.35. The Morgan fingerprint density at radius 2 is 1.80 bits per heavy atom. The molecule has 0 radical (unpaired) electrons. The van der Waals surface area contributed by atoms with Crippen molar-refractivity contribution in [3.63, 3.8) is 0 Å². The van der Waals surface area contributed by atoms with Crippen LogP contribution in [-0.4, -0.2) is 29.5 Å². The first kappa shape index (κ1) is 10.1. The minimum absolute atomic E-state index is 0.282. The molecule has 0 aromatic heterocycles. The predicted octanol–water partition coefficient (Wildman–Crippen LogP) is 1.71. The number of hydrogen-bond donors (Lipinski definition) is 0. The lowest BCUT2D eigenvalue weighted by Gasteiger charge is -2.21. The van der Waals surface area contributed by atoms with Gasteiger partial charge in [-0.05, 0) is 19.0 Å². The summed E-state index contributed by atoms with van der Waals surface area (Å²) in [6.07, 6.45) is 0.546. The van der Waals surface area contributed by atoms with Crippen molar-refractivity contribution in [1.29, 1.82) is 0 Å². The summed E-state index contributed by atoms with van der Waals surface area (Å²) in [5, 5.41) is 0. The van der Waals surface area contributed by atoms with E-state index in [1.807, 2.05) is 6.55 Å². The lowest BCUT2D eigenvalue weighted by molar-refractivity contribution is 0.247. The Morgan fingerprint density at radius 3 is 2.10 bits per heavy atom. The van der Waals surface area contributed by atoms with Crippen LogP contribution in [0.1, 0.15) is 6.42 Å². The summed E-state index contributed by atoms with van der Waals surface area (Å²) >= 11 is 0. The average Bonchev–Trinajstić information content (AvgIpc) is 2.00. The van der Waals surface area contributed by atoms with E-state index >= 15 is 0 Å². The second-order valence-electron chi connectivity index (χ2n) is 2.33.